The second-order valence-electron chi connectivity index (χ2n) is 5.85. The molecule has 1 aliphatic heterocycles. The molecule has 4 rings (SSSR count). The number of rotatable bonds is 2. The molecule has 1 aromatic heterocycles. The molecular weight excluding hydrogens is 357 g/mol. The Morgan fingerprint density at radius 3 is 2.46 bits per heavy atom. The van der Waals surface area contributed by atoms with Crippen molar-refractivity contribution in [1.82, 2.24) is 4.98 Å². The molecule has 9 heteroatoms. The normalized spacial score (nSPS) is 13.7. The highest BCUT2D eigenvalue weighted by atomic mass is 32.2. The lowest BCUT2D eigenvalue weighted by molar-refractivity contribution is 0.172. The van der Waals surface area contributed by atoms with E-state index in [2.05, 4.69) is 4.98 Å². The maximum Gasteiger partial charge on any atom is 0.347 e. The Morgan fingerprint density at radius 1 is 1.08 bits per heavy atom. The van der Waals surface area contributed by atoms with Gasteiger partial charge in [-0.05, 0) is 12.1 Å². The van der Waals surface area contributed by atoms with Gasteiger partial charge in [0, 0.05) is 18.4 Å². The van der Waals surface area contributed by atoms with Gasteiger partial charge in [-0.2, -0.15) is 0 Å². The predicted octanol–water partition coefficient (Wildman–Crippen LogP) is 0.823. The maximum atomic E-state index is 12.4. The van der Waals surface area contributed by atoms with Crippen molar-refractivity contribution in [2.75, 3.05) is 19.5 Å². The van der Waals surface area contributed by atoms with E-state index in [9.17, 15) is 13.2 Å². The van der Waals surface area contributed by atoms with E-state index >= 15 is 0 Å². The molecule has 0 spiro atoms. The van der Waals surface area contributed by atoms with Gasteiger partial charge < -0.3 is 13.9 Å². The van der Waals surface area contributed by atoms with Gasteiger partial charge >= 0.3 is 5.63 Å². The number of aromatic nitrogens is 1. The number of hydrogen-bond donors (Lipinski definition) is 0. The van der Waals surface area contributed by atoms with Crippen LogP contribution in [0.15, 0.2) is 44.4 Å². The van der Waals surface area contributed by atoms with Crippen LogP contribution in [0.25, 0.3) is 22.4 Å². The average molecular weight is 369 g/mol. The number of nitrogens with zero attached hydrogens (tertiary/aromatic N) is 1. The van der Waals surface area contributed by atoms with Crippen LogP contribution in [-0.4, -0.2) is 40.7 Å². The van der Waals surface area contributed by atoms with Crippen LogP contribution in [0.5, 0.6) is 11.5 Å². The molecule has 2 aromatic carbocycles. The molecule has 0 N–H and O–H groups in total. The zero-order chi connectivity index (χ0) is 18.5. The molecule has 0 fully saturated rings. The van der Waals surface area contributed by atoms with Crippen LogP contribution in [0, 0.1) is 0 Å². The van der Waals surface area contributed by atoms with Crippen molar-refractivity contribution < 1.29 is 22.3 Å². The third kappa shape index (κ3) is 2.84. The van der Waals surface area contributed by atoms with Gasteiger partial charge in [0.15, 0.2) is 21.3 Å². The van der Waals surface area contributed by atoms with Crippen LogP contribution in [0.2, 0.25) is 0 Å². The Kier molecular flexibility index (Phi) is 3.76. The summed E-state index contributed by atoms with van der Waals surface area (Å²) in [6.07, 6.45) is 1.05. The first-order valence-electron chi connectivity index (χ1n) is 7.67. The van der Waals surface area contributed by atoms with Gasteiger partial charge in [0.05, 0.1) is 21.4 Å². The van der Waals surface area contributed by atoms with Gasteiger partial charge in [-0.15, -0.1) is 0 Å². The third-order valence-corrected chi connectivity index (χ3v) is 5.06. The van der Waals surface area contributed by atoms with E-state index in [0.29, 0.717) is 30.2 Å². The molecule has 0 aliphatic carbocycles. The van der Waals surface area contributed by atoms with Crippen molar-refractivity contribution in [3.63, 3.8) is 0 Å². The molecule has 0 saturated carbocycles. The Bertz CT molecular complexity index is 1200. The molecule has 130 valence electrons. The quantitative estimate of drug-likeness (QED) is 0.617. The molecule has 3 aromatic rings. The van der Waals surface area contributed by atoms with Crippen LogP contribution in [-0.2, 0) is 9.84 Å². The van der Waals surface area contributed by atoms with Gasteiger partial charge in [-0.25, -0.2) is 18.2 Å². The SMILES string of the molecule is [B]c1ccc(-c2nc3cc4c(cc3c(=O)o2)OCCO4)c(S(C)(=O)=O)c1. The minimum absolute atomic E-state index is 0.0648. The lowest BCUT2D eigenvalue weighted by atomic mass is 9.95. The fraction of sp³-hybridized carbons (Fsp3) is 0.176. The molecule has 0 saturated heterocycles. The summed E-state index contributed by atoms with van der Waals surface area (Å²) in [4.78, 5) is 16.7. The summed E-state index contributed by atoms with van der Waals surface area (Å²) in [5.41, 5.74) is 0.0996. The van der Waals surface area contributed by atoms with E-state index in [-0.39, 0.29) is 27.2 Å². The van der Waals surface area contributed by atoms with Crippen molar-refractivity contribution in [3.05, 3.63) is 40.8 Å². The Balaban J connectivity index is 1.98. The highest BCUT2D eigenvalue weighted by molar-refractivity contribution is 7.90. The predicted molar refractivity (Wildman–Crippen MR) is 95.2 cm³/mol. The number of hydrogen-bond acceptors (Lipinski definition) is 7. The Hall–Kier alpha value is -2.81. The fourth-order valence-electron chi connectivity index (χ4n) is 2.75. The summed E-state index contributed by atoms with van der Waals surface area (Å²) in [5.74, 6) is 0.794. The van der Waals surface area contributed by atoms with E-state index < -0.39 is 15.5 Å². The van der Waals surface area contributed by atoms with Gasteiger partial charge in [0.2, 0.25) is 5.89 Å². The smallest absolute Gasteiger partial charge is 0.347 e. The second kappa shape index (κ2) is 5.88. The van der Waals surface area contributed by atoms with Crippen LogP contribution in [0.4, 0.5) is 0 Å². The standard InChI is InChI=1S/C17H12BNO6S/c1-26(21,22)15-6-9(18)2-3-10(15)16-19-12-8-14-13(23-4-5-24-14)7-11(12)17(20)25-16/h2-3,6-8H,4-5H2,1H3. The summed E-state index contributed by atoms with van der Waals surface area (Å²) >= 11 is 0. The van der Waals surface area contributed by atoms with Crippen molar-refractivity contribution in [2.24, 2.45) is 0 Å². The van der Waals surface area contributed by atoms with E-state index in [0.717, 1.165) is 6.26 Å². The number of ether oxygens (including phenoxy) is 2. The highest BCUT2D eigenvalue weighted by Crippen LogP contribution is 2.34. The molecule has 1 aliphatic rings. The van der Waals surface area contributed by atoms with Crippen molar-refractivity contribution >= 4 is 34.0 Å². The highest BCUT2D eigenvalue weighted by Gasteiger charge is 2.21. The van der Waals surface area contributed by atoms with Crippen molar-refractivity contribution in [3.8, 4) is 23.0 Å². The lowest BCUT2D eigenvalue weighted by Crippen LogP contribution is -2.16. The van der Waals surface area contributed by atoms with Gasteiger partial charge in [-0.1, -0.05) is 11.5 Å². The van der Waals surface area contributed by atoms with Crippen LogP contribution in [0.3, 0.4) is 0 Å². The van der Waals surface area contributed by atoms with E-state index in [4.69, 9.17) is 21.7 Å². The minimum atomic E-state index is -3.61. The largest absolute Gasteiger partial charge is 0.486 e. The van der Waals surface area contributed by atoms with E-state index in [1.54, 1.807) is 6.07 Å². The first-order chi connectivity index (χ1) is 12.3. The van der Waals surface area contributed by atoms with Gasteiger partial charge in [0.1, 0.15) is 21.1 Å². The molecule has 2 radical (unpaired) electrons. The van der Waals surface area contributed by atoms with Crippen molar-refractivity contribution in [2.45, 2.75) is 4.90 Å². The van der Waals surface area contributed by atoms with Crippen LogP contribution >= 0.6 is 0 Å². The van der Waals surface area contributed by atoms with E-state index in [1.165, 1.54) is 24.3 Å². The molecule has 26 heavy (non-hydrogen) atoms. The summed E-state index contributed by atoms with van der Waals surface area (Å²) in [5, 5.41) is 0.217. The van der Waals surface area contributed by atoms with Crippen molar-refractivity contribution in [1.29, 1.82) is 0 Å². The van der Waals surface area contributed by atoms with Crippen LogP contribution < -0.4 is 20.6 Å². The molecule has 0 amide bonds. The van der Waals surface area contributed by atoms with Gasteiger partial charge in [-0.3, -0.25) is 0 Å². The maximum absolute atomic E-state index is 12.4. The summed E-state index contributed by atoms with van der Waals surface area (Å²) in [6, 6.07) is 7.36. The molecular formula is C17H12BNO6S. The second-order valence-corrected chi connectivity index (χ2v) is 7.83. The summed E-state index contributed by atoms with van der Waals surface area (Å²) in [7, 11) is 2.08. The average Bonchev–Trinajstić information content (AvgIpc) is 2.59. The third-order valence-electron chi connectivity index (χ3n) is 3.93. The number of sulfone groups is 1. The first-order valence-corrected chi connectivity index (χ1v) is 9.56. The monoisotopic (exact) mass is 369 g/mol. The number of fused-ring (bicyclic) bond motifs is 2. The van der Waals surface area contributed by atoms with Gasteiger partial charge in [0.25, 0.3) is 0 Å². The fourth-order valence-corrected chi connectivity index (χ4v) is 3.65. The van der Waals surface area contributed by atoms with E-state index in [1.807, 2.05) is 0 Å². The number of benzene rings is 2. The Labute approximate surface area is 149 Å². The molecule has 0 bridgehead atoms. The molecule has 2 heterocycles. The van der Waals surface area contributed by atoms with Crippen LogP contribution in [0.1, 0.15) is 0 Å². The first kappa shape index (κ1) is 16.7. The lowest BCUT2D eigenvalue weighted by Gasteiger charge is -2.18. The zero-order valence-corrected chi connectivity index (χ0v) is 14.5. The topological polar surface area (TPSA) is 95.7 Å². The zero-order valence-electron chi connectivity index (χ0n) is 13.7. The summed E-state index contributed by atoms with van der Waals surface area (Å²) < 4.78 is 40.4. The minimum Gasteiger partial charge on any atom is -0.486 e. The summed E-state index contributed by atoms with van der Waals surface area (Å²) in [6.45, 7) is 0.779. The molecule has 0 atom stereocenters. The Morgan fingerprint density at radius 2 is 1.77 bits per heavy atom. The molecule has 7 nitrogen and oxygen atoms in total. The molecule has 0 unspecified atom stereocenters.